The van der Waals surface area contributed by atoms with Crippen molar-refractivity contribution < 1.29 is 23.9 Å². The standard InChI is InChI=1S/C29H31N5O6/c1-32-11-10-29-14-24(35)26(39-3)13-21(29)23(32)12-18-8-9-25(38-2)28(27(18)29)40-17-20-16-33(31-30-20)15-19-6-4-5-7-22(19)34(36)37/h4-9,13,16,21,23H,10-12,14-15,17H2,1-3H3/t21-,23+,29-/m1/s1. The number of piperidine rings is 1. The van der Waals surface area contributed by atoms with Gasteiger partial charge >= 0.3 is 0 Å². The van der Waals surface area contributed by atoms with Gasteiger partial charge in [-0.2, -0.15) is 0 Å². The van der Waals surface area contributed by atoms with Crippen LogP contribution in [0.15, 0.2) is 54.4 Å². The molecular formula is C29H31N5O6. The van der Waals surface area contributed by atoms with Crippen molar-refractivity contribution in [2.45, 2.75) is 43.9 Å². The molecule has 11 nitrogen and oxygen atoms in total. The fourth-order valence-electron chi connectivity index (χ4n) is 6.78. The highest BCUT2D eigenvalue weighted by Crippen LogP contribution is 2.58. The maximum Gasteiger partial charge on any atom is 0.274 e. The van der Waals surface area contributed by atoms with Crippen LogP contribution in [-0.4, -0.2) is 64.5 Å². The summed E-state index contributed by atoms with van der Waals surface area (Å²) in [5.74, 6) is 1.77. The highest BCUT2D eigenvalue weighted by atomic mass is 16.6. The van der Waals surface area contributed by atoms with E-state index < -0.39 is 10.3 Å². The number of likely N-dealkylation sites (N-methyl/N-ethyl adjacent to an activating group) is 1. The van der Waals surface area contributed by atoms with E-state index in [-0.39, 0.29) is 36.6 Å². The van der Waals surface area contributed by atoms with Crippen LogP contribution in [-0.2, 0) is 34.5 Å². The molecule has 40 heavy (non-hydrogen) atoms. The second-order valence-corrected chi connectivity index (χ2v) is 10.7. The van der Waals surface area contributed by atoms with Crippen molar-refractivity contribution in [3.05, 3.63) is 86.9 Å². The molecule has 3 aliphatic rings. The number of likely N-dealkylation sites (tertiary alicyclic amines) is 1. The maximum atomic E-state index is 13.2. The number of allylic oxidation sites excluding steroid dienone is 1. The quantitative estimate of drug-likeness (QED) is 0.309. The van der Waals surface area contributed by atoms with Gasteiger partial charge in [0.15, 0.2) is 23.0 Å². The topological polar surface area (TPSA) is 122 Å². The lowest BCUT2D eigenvalue weighted by Gasteiger charge is -2.56. The number of hydrogen-bond donors (Lipinski definition) is 0. The normalized spacial score (nSPS) is 23.6. The Balaban J connectivity index is 1.33. The monoisotopic (exact) mass is 545 g/mol. The Bertz CT molecular complexity index is 1520. The van der Waals surface area contributed by atoms with E-state index in [1.165, 1.54) is 6.07 Å². The summed E-state index contributed by atoms with van der Waals surface area (Å²) in [7, 11) is 5.31. The predicted molar refractivity (Wildman–Crippen MR) is 144 cm³/mol. The summed E-state index contributed by atoms with van der Waals surface area (Å²) in [6, 6.07) is 10.8. The van der Waals surface area contributed by atoms with Gasteiger partial charge in [0.1, 0.15) is 12.3 Å². The van der Waals surface area contributed by atoms with Gasteiger partial charge in [0.25, 0.3) is 5.69 Å². The first-order chi connectivity index (χ1) is 19.3. The average Bonchev–Trinajstić information content (AvgIpc) is 3.40. The average molecular weight is 546 g/mol. The molecule has 0 spiro atoms. The number of nitro groups is 1. The molecule has 0 N–H and O–H groups in total. The van der Waals surface area contributed by atoms with Crippen LogP contribution in [0.1, 0.15) is 35.2 Å². The molecule has 0 saturated carbocycles. The van der Waals surface area contributed by atoms with Crippen molar-refractivity contribution in [1.82, 2.24) is 19.9 Å². The number of carbonyl (C=O) groups is 1. The van der Waals surface area contributed by atoms with Crippen molar-refractivity contribution in [2.24, 2.45) is 5.92 Å². The minimum atomic E-state index is -0.419. The fourth-order valence-corrected chi connectivity index (χ4v) is 6.78. The van der Waals surface area contributed by atoms with E-state index in [0.29, 0.717) is 34.9 Å². The summed E-state index contributed by atoms with van der Waals surface area (Å²) in [4.78, 5) is 26.6. The van der Waals surface area contributed by atoms with E-state index >= 15 is 0 Å². The van der Waals surface area contributed by atoms with Gasteiger partial charge < -0.3 is 19.1 Å². The zero-order valence-corrected chi connectivity index (χ0v) is 22.7. The second kappa shape index (κ2) is 10.1. The first-order valence-electron chi connectivity index (χ1n) is 13.3. The SMILES string of the molecule is COC1=C[C@@H]2[C@@H]3Cc4ccc(OC)c(OCc5cn(Cc6ccccc6[N+](=O)[O-])nn5)c4[C@]2(CCN3C)CC1=O. The molecule has 0 radical (unpaired) electrons. The molecule has 2 aromatic carbocycles. The Morgan fingerprint density at radius 1 is 1.18 bits per heavy atom. The summed E-state index contributed by atoms with van der Waals surface area (Å²) in [5.41, 5.74) is 2.92. The number of benzene rings is 2. The van der Waals surface area contributed by atoms with Crippen LogP contribution in [0.3, 0.4) is 0 Å². The molecule has 1 aliphatic heterocycles. The minimum Gasteiger partial charge on any atom is -0.493 e. The Hall–Kier alpha value is -4.25. The molecule has 1 aromatic heterocycles. The van der Waals surface area contributed by atoms with Crippen molar-refractivity contribution >= 4 is 11.5 Å². The predicted octanol–water partition coefficient (Wildman–Crippen LogP) is 3.44. The summed E-state index contributed by atoms with van der Waals surface area (Å²) < 4.78 is 19.2. The number of aromatic nitrogens is 3. The smallest absolute Gasteiger partial charge is 0.274 e. The van der Waals surface area contributed by atoms with Gasteiger partial charge in [0.05, 0.1) is 37.4 Å². The first kappa shape index (κ1) is 26.0. The van der Waals surface area contributed by atoms with Gasteiger partial charge in [-0.05, 0) is 44.1 Å². The highest BCUT2D eigenvalue weighted by molar-refractivity contribution is 5.96. The summed E-state index contributed by atoms with van der Waals surface area (Å²) in [6.07, 6.45) is 5.73. The number of para-hydroxylation sites is 1. The molecule has 3 aromatic rings. The van der Waals surface area contributed by atoms with E-state index in [1.807, 2.05) is 12.1 Å². The third-order valence-electron chi connectivity index (χ3n) is 8.66. The Morgan fingerprint density at radius 3 is 2.77 bits per heavy atom. The lowest BCUT2D eigenvalue weighted by Crippen LogP contribution is -2.60. The van der Waals surface area contributed by atoms with Crippen LogP contribution in [0.5, 0.6) is 11.5 Å². The molecule has 2 aliphatic carbocycles. The number of nitrogens with zero attached hydrogens (tertiary/aromatic N) is 5. The first-order valence-corrected chi connectivity index (χ1v) is 13.3. The van der Waals surface area contributed by atoms with Crippen LogP contribution >= 0.6 is 0 Å². The molecule has 208 valence electrons. The van der Waals surface area contributed by atoms with Gasteiger partial charge in [-0.15, -0.1) is 5.10 Å². The molecule has 2 heterocycles. The van der Waals surface area contributed by atoms with Gasteiger partial charge in [-0.1, -0.05) is 29.5 Å². The van der Waals surface area contributed by atoms with Crippen LogP contribution in [0.2, 0.25) is 0 Å². The molecule has 2 bridgehead atoms. The van der Waals surface area contributed by atoms with Gasteiger partial charge in [0, 0.05) is 35.4 Å². The second-order valence-electron chi connectivity index (χ2n) is 10.7. The lowest BCUT2D eigenvalue weighted by molar-refractivity contribution is -0.385. The third kappa shape index (κ3) is 4.21. The Kier molecular flexibility index (Phi) is 6.53. The van der Waals surface area contributed by atoms with Crippen LogP contribution in [0.4, 0.5) is 5.69 Å². The number of Topliss-reactive ketones (excluding diaryl/α,β-unsaturated/α-hetero) is 1. The molecule has 3 atom stereocenters. The molecule has 1 saturated heterocycles. The number of hydrogen-bond acceptors (Lipinski definition) is 9. The van der Waals surface area contributed by atoms with Crippen LogP contribution in [0.25, 0.3) is 0 Å². The fraction of sp³-hybridized carbons (Fsp3) is 0.414. The largest absolute Gasteiger partial charge is 0.493 e. The van der Waals surface area contributed by atoms with Crippen molar-refractivity contribution in [2.75, 3.05) is 27.8 Å². The van der Waals surface area contributed by atoms with Crippen molar-refractivity contribution in [3.8, 4) is 11.5 Å². The summed E-state index contributed by atoms with van der Waals surface area (Å²) in [6.45, 7) is 1.21. The number of rotatable bonds is 8. The van der Waals surface area contributed by atoms with E-state index in [4.69, 9.17) is 14.2 Å². The number of methoxy groups -OCH3 is 2. The Labute approximate surface area is 231 Å². The van der Waals surface area contributed by atoms with E-state index in [2.05, 4.69) is 28.3 Å². The molecular weight excluding hydrogens is 514 g/mol. The maximum absolute atomic E-state index is 13.2. The van der Waals surface area contributed by atoms with Crippen LogP contribution in [0, 0.1) is 16.0 Å². The van der Waals surface area contributed by atoms with E-state index in [0.717, 1.165) is 30.5 Å². The third-order valence-corrected chi connectivity index (χ3v) is 8.66. The van der Waals surface area contributed by atoms with E-state index in [9.17, 15) is 14.9 Å². The number of fused-ring (bicyclic) bond motifs is 1. The molecule has 6 rings (SSSR count). The molecule has 1 fully saturated rings. The molecule has 0 unspecified atom stereocenters. The highest BCUT2D eigenvalue weighted by Gasteiger charge is 2.56. The van der Waals surface area contributed by atoms with Crippen LogP contribution < -0.4 is 9.47 Å². The number of nitro benzene ring substituents is 1. The zero-order chi connectivity index (χ0) is 28.0. The van der Waals surface area contributed by atoms with Gasteiger partial charge in [-0.3, -0.25) is 14.9 Å². The van der Waals surface area contributed by atoms with Crippen molar-refractivity contribution in [1.29, 1.82) is 0 Å². The van der Waals surface area contributed by atoms with Crippen molar-refractivity contribution in [3.63, 3.8) is 0 Å². The zero-order valence-electron chi connectivity index (χ0n) is 22.7. The van der Waals surface area contributed by atoms with E-state index in [1.54, 1.807) is 43.3 Å². The molecule has 11 heteroatoms. The lowest BCUT2D eigenvalue weighted by atomic mass is 9.53. The molecule has 0 amide bonds. The number of ketones is 1. The van der Waals surface area contributed by atoms with Gasteiger partial charge in [-0.25, -0.2) is 4.68 Å². The summed E-state index contributed by atoms with van der Waals surface area (Å²) in [5, 5.41) is 19.8. The number of ether oxygens (including phenoxy) is 3. The summed E-state index contributed by atoms with van der Waals surface area (Å²) >= 11 is 0. The number of carbonyl (C=O) groups excluding carboxylic acids is 1. The Morgan fingerprint density at radius 2 is 2.00 bits per heavy atom. The van der Waals surface area contributed by atoms with Gasteiger partial charge in [0.2, 0.25) is 0 Å². The minimum absolute atomic E-state index is 0.00150.